The number of ether oxygens (including phenoxy) is 2. The first-order chi connectivity index (χ1) is 11.7. The van der Waals surface area contributed by atoms with Crippen LogP contribution in [0.15, 0.2) is 30.3 Å². The van der Waals surface area contributed by atoms with Gasteiger partial charge in [0.05, 0.1) is 6.42 Å². The lowest BCUT2D eigenvalue weighted by atomic mass is 10.1. The average molecular weight is 351 g/mol. The van der Waals surface area contributed by atoms with Gasteiger partial charge in [0.2, 0.25) is 0 Å². The van der Waals surface area contributed by atoms with Crippen LogP contribution in [0.3, 0.4) is 0 Å². The third-order valence-electron chi connectivity index (χ3n) is 3.08. The molecule has 1 aromatic carbocycles. The van der Waals surface area contributed by atoms with Crippen LogP contribution in [0, 0.1) is 0 Å². The molecule has 0 aromatic heterocycles. The van der Waals surface area contributed by atoms with Crippen molar-refractivity contribution in [2.45, 2.75) is 58.3 Å². The quantitative estimate of drug-likeness (QED) is 0.698. The fourth-order valence-corrected chi connectivity index (χ4v) is 2.00. The summed E-state index contributed by atoms with van der Waals surface area (Å²) in [5.41, 5.74) is 0.160. The summed E-state index contributed by atoms with van der Waals surface area (Å²) >= 11 is 0. The van der Waals surface area contributed by atoms with E-state index in [9.17, 15) is 14.4 Å². The highest BCUT2D eigenvalue weighted by atomic mass is 16.6. The first-order valence-electron chi connectivity index (χ1n) is 8.06. The lowest BCUT2D eigenvalue weighted by Crippen LogP contribution is -2.40. The van der Waals surface area contributed by atoms with E-state index < -0.39 is 29.7 Å². The molecule has 138 valence electrons. The average Bonchev–Trinajstić information content (AvgIpc) is 2.49. The standard InChI is InChI=1S/C18H25NO6/c1-18(2,3)25-17(23)19-14(9-10-15(20)21)11-16(22)24-12-13-7-5-4-6-8-13/h4-8,14H,9-12H2,1-3H3,(H,19,23)(H,20,21)/t14-/m1/s1. The van der Waals surface area contributed by atoms with Gasteiger partial charge in [-0.25, -0.2) is 4.79 Å². The van der Waals surface area contributed by atoms with Gasteiger partial charge < -0.3 is 19.9 Å². The normalized spacial score (nSPS) is 12.1. The zero-order chi connectivity index (χ0) is 18.9. The lowest BCUT2D eigenvalue weighted by molar-refractivity contribution is -0.146. The number of carbonyl (C=O) groups is 3. The molecular weight excluding hydrogens is 326 g/mol. The second-order valence-corrected chi connectivity index (χ2v) is 6.63. The van der Waals surface area contributed by atoms with Crippen LogP contribution in [0.4, 0.5) is 4.79 Å². The van der Waals surface area contributed by atoms with Crippen LogP contribution < -0.4 is 5.32 Å². The number of aliphatic carboxylic acids is 1. The number of nitrogens with one attached hydrogen (secondary N) is 1. The summed E-state index contributed by atoms with van der Waals surface area (Å²) in [4.78, 5) is 34.6. The number of alkyl carbamates (subject to hydrolysis) is 1. The van der Waals surface area contributed by atoms with Gasteiger partial charge in [0.15, 0.2) is 0 Å². The molecule has 0 unspecified atom stereocenters. The largest absolute Gasteiger partial charge is 0.481 e. The smallest absolute Gasteiger partial charge is 0.407 e. The summed E-state index contributed by atoms with van der Waals surface area (Å²) in [5.74, 6) is -1.52. The van der Waals surface area contributed by atoms with Crippen molar-refractivity contribution < 1.29 is 29.0 Å². The number of carbonyl (C=O) groups excluding carboxylic acids is 2. The maximum atomic E-state index is 12.0. The van der Waals surface area contributed by atoms with Gasteiger partial charge in [-0.05, 0) is 32.8 Å². The van der Waals surface area contributed by atoms with Crippen LogP contribution in [-0.4, -0.2) is 34.8 Å². The molecule has 1 aromatic rings. The zero-order valence-electron chi connectivity index (χ0n) is 14.8. The van der Waals surface area contributed by atoms with Crippen LogP contribution in [0.5, 0.6) is 0 Å². The number of esters is 1. The minimum absolute atomic E-state index is 0.106. The highest BCUT2D eigenvalue weighted by Gasteiger charge is 2.22. The van der Waals surface area contributed by atoms with Gasteiger partial charge in [-0.1, -0.05) is 30.3 Å². The summed E-state index contributed by atoms with van der Waals surface area (Å²) < 4.78 is 10.3. The number of hydrogen-bond acceptors (Lipinski definition) is 5. The van der Waals surface area contributed by atoms with Gasteiger partial charge in [0, 0.05) is 12.5 Å². The molecule has 1 amide bonds. The Morgan fingerprint density at radius 1 is 1.16 bits per heavy atom. The Labute approximate surface area is 147 Å². The number of rotatable bonds is 8. The maximum absolute atomic E-state index is 12.0. The molecule has 0 heterocycles. The monoisotopic (exact) mass is 351 g/mol. The van der Waals surface area contributed by atoms with E-state index in [1.54, 1.807) is 20.8 Å². The Hall–Kier alpha value is -2.57. The Morgan fingerprint density at radius 2 is 1.80 bits per heavy atom. The summed E-state index contributed by atoms with van der Waals surface area (Å²) in [6.45, 7) is 5.27. The van der Waals surface area contributed by atoms with Gasteiger partial charge in [-0.2, -0.15) is 0 Å². The Morgan fingerprint density at radius 3 is 2.36 bits per heavy atom. The van der Waals surface area contributed by atoms with Gasteiger partial charge in [-0.3, -0.25) is 9.59 Å². The molecule has 0 aliphatic heterocycles. The van der Waals surface area contributed by atoms with Crippen LogP contribution in [0.25, 0.3) is 0 Å². The number of carboxylic acids is 1. The van der Waals surface area contributed by atoms with Crippen LogP contribution in [0.2, 0.25) is 0 Å². The Balaban J connectivity index is 2.54. The van der Waals surface area contributed by atoms with Crippen LogP contribution in [0.1, 0.15) is 45.6 Å². The van der Waals surface area contributed by atoms with E-state index in [1.807, 2.05) is 30.3 Å². The van der Waals surface area contributed by atoms with Gasteiger partial charge in [-0.15, -0.1) is 0 Å². The molecule has 0 saturated carbocycles. The first-order valence-corrected chi connectivity index (χ1v) is 8.06. The first kappa shape index (κ1) is 20.5. The molecule has 0 radical (unpaired) electrons. The van der Waals surface area contributed by atoms with Crippen LogP contribution in [-0.2, 0) is 25.7 Å². The highest BCUT2D eigenvalue weighted by molar-refractivity contribution is 5.73. The van der Waals surface area contributed by atoms with Crippen molar-refractivity contribution in [3.63, 3.8) is 0 Å². The second kappa shape index (κ2) is 9.66. The molecular formula is C18H25NO6. The van der Waals surface area contributed by atoms with E-state index in [1.165, 1.54) is 0 Å². The number of benzene rings is 1. The van der Waals surface area contributed by atoms with Crippen molar-refractivity contribution in [2.24, 2.45) is 0 Å². The van der Waals surface area contributed by atoms with Gasteiger partial charge in [0.25, 0.3) is 0 Å². The number of hydrogen-bond donors (Lipinski definition) is 2. The maximum Gasteiger partial charge on any atom is 0.407 e. The van der Waals surface area contributed by atoms with Crippen molar-refractivity contribution in [3.05, 3.63) is 35.9 Å². The Kier molecular flexibility index (Phi) is 7.91. The van der Waals surface area contributed by atoms with Gasteiger partial charge >= 0.3 is 18.0 Å². The van der Waals surface area contributed by atoms with E-state index in [-0.39, 0.29) is 25.9 Å². The van der Waals surface area contributed by atoms with E-state index in [0.717, 1.165) is 5.56 Å². The number of carboxylic acid groups (broad SMARTS) is 1. The third-order valence-corrected chi connectivity index (χ3v) is 3.08. The van der Waals surface area contributed by atoms with Crippen molar-refractivity contribution >= 4 is 18.0 Å². The van der Waals surface area contributed by atoms with Crippen molar-refractivity contribution in [1.29, 1.82) is 0 Å². The second-order valence-electron chi connectivity index (χ2n) is 6.63. The fourth-order valence-electron chi connectivity index (χ4n) is 2.00. The minimum atomic E-state index is -1.01. The number of amides is 1. The zero-order valence-corrected chi connectivity index (χ0v) is 14.8. The molecule has 0 saturated heterocycles. The topological polar surface area (TPSA) is 102 Å². The van der Waals surface area contributed by atoms with E-state index in [2.05, 4.69) is 5.32 Å². The molecule has 7 nitrogen and oxygen atoms in total. The van der Waals surface area contributed by atoms with Crippen molar-refractivity contribution in [2.75, 3.05) is 0 Å². The van der Waals surface area contributed by atoms with E-state index >= 15 is 0 Å². The van der Waals surface area contributed by atoms with E-state index in [4.69, 9.17) is 14.6 Å². The van der Waals surface area contributed by atoms with Crippen LogP contribution >= 0.6 is 0 Å². The molecule has 0 fully saturated rings. The predicted octanol–water partition coefficient (Wildman–Crippen LogP) is 2.88. The highest BCUT2D eigenvalue weighted by Crippen LogP contribution is 2.10. The molecule has 1 atom stereocenters. The minimum Gasteiger partial charge on any atom is -0.481 e. The van der Waals surface area contributed by atoms with E-state index in [0.29, 0.717) is 0 Å². The molecule has 1 rings (SSSR count). The summed E-state index contributed by atoms with van der Waals surface area (Å²) in [5, 5.41) is 11.3. The summed E-state index contributed by atoms with van der Waals surface area (Å²) in [6, 6.07) is 8.51. The molecule has 2 N–H and O–H groups in total. The Bertz CT molecular complexity index is 579. The van der Waals surface area contributed by atoms with Crippen molar-refractivity contribution in [3.8, 4) is 0 Å². The fraction of sp³-hybridized carbons (Fsp3) is 0.500. The summed E-state index contributed by atoms with van der Waals surface area (Å²) in [6.07, 6.45) is -0.889. The molecule has 25 heavy (non-hydrogen) atoms. The molecule has 0 spiro atoms. The predicted molar refractivity (Wildman–Crippen MR) is 90.9 cm³/mol. The lowest BCUT2D eigenvalue weighted by Gasteiger charge is -2.23. The molecule has 0 bridgehead atoms. The van der Waals surface area contributed by atoms with Gasteiger partial charge in [0.1, 0.15) is 12.2 Å². The SMILES string of the molecule is CC(C)(C)OC(=O)N[C@H](CCC(=O)O)CC(=O)OCc1ccccc1. The third kappa shape index (κ3) is 10.0. The molecule has 0 aliphatic carbocycles. The van der Waals surface area contributed by atoms with Crippen molar-refractivity contribution in [1.82, 2.24) is 5.32 Å². The summed E-state index contributed by atoms with van der Waals surface area (Å²) in [7, 11) is 0. The molecule has 7 heteroatoms. The molecule has 0 aliphatic rings.